The van der Waals surface area contributed by atoms with Crippen LogP contribution >= 0.6 is 0 Å². The molecule has 1 unspecified atom stereocenters. The van der Waals surface area contributed by atoms with E-state index in [0.717, 1.165) is 30.4 Å². The summed E-state index contributed by atoms with van der Waals surface area (Å²) in [4.78, 5) is 32.1. The Labute approximate surface area is 140 Å². The Morgan fingerprint density at radius 3 is 2.50 bits per heavy atom. The molecule has 0 bridgehead atoms. The summed E-state index contributed by atoms with van der Waals surface area (Å²) in [5.41, 5.74) is 1.60. The minimum atomic E-state index is 0.0147. The summed E-state index contributed by atoms with van der Waals surface area (Å²) in [6, 6.07) is 9.79. The number of rotatable bonds is 2. The first-order chi connectivity index (χ1) is 11.7. The molecule has 2 saturated heterocycles. The Bertz CT molecular complexity index is 722. The first-order valence-corrected chi connectivity index (χ1v) is 8.59. The average Bonchev–Trinajstić information content (AvgIpc) is 3.30. The number of hydrogen-bond acceptors (Lipinski definition) is 3. The van der Waals surface area contributed by atoms with E-state index in [-0.39, 0.29) is 17.7 Å². The molecular formula is C18H22N4O2. The van der Waals surface area contributed by atoms with Crippen molar-refractivity contribution in [1.82, 2.24) is 20.1 Å². The first-order valence-electron chi connectivity index (χ1n) is 8.59. The average molecular weight is 326 g/mol. The van der Waals surface area contributed by atoms with Gasteiger partial charge < -0.3 is 20.1 Å². The lowest BCUT2D eigenvalue weighted by atomic mass is 10.1. The molecule has 6 nitrogen and oxygen atoms in total. The van der Waals surface area contributed by atoms with Crippen LogP contribution in [0.15, 0.2) is 30.3 Å². The molecule has 126 valence electrons. The largest absolute Gasteiger partial charge is 0.351 e. The van der Waals surface area contributed by atoms with Crippen molar-refractivity contribution in [3.05, 3.63) is 36.0 Å². The van der Waals surface area contributed by atoms with Gasteiger partial charge in [0.1, 0.15) is 5.69 Å². The smallest absolute Gasteiger partial charge is 0.270 e. The van der Waals surface area contributed by atoms with Crippen molar-refractivity contribution < 1.29 is 9.59 Å². The number of para-hydroxylation sites is 1. The molecule has 0 aliphatic carbocycles. The van der Waals surface area contributed by atoms with Gasteiger partial charge in [-0.05, 0) is 25.1 Å². The van der Waals surface area contributed by atoms with Crippen molar-refractivity contribution in [2.24, 2.45) is 5.92 Å². The highest BCUT2D eigenvalue weighted by atomic mass is 16.2. The van der Waals surface area contributed by atoms with E-state index in [1.807, 2.05) is 40.1 Å². The lowest BCUT2D eigenvalue weighted by Crippen LogP contribution is -2.52. The number of carbonyl (C=O) groups excluding carboxylic acids is 2. The summed E-state index contributed by atoms with van der Waals surface area (Å²) in [5, 5.41) is 4.28. The number of fused-ring (bicyclic) bond motifs is 1. The highest BCUT2D eigenvalue weighted by Gasteiger charge is 2.30. The fourth-order valence-electron chi connectivity index (χ4n) is 3.61. The number of hydrogen-bond donors (Lipinski definition) is 2. The van der Waals surface area contributed by atoms with Gasteiger partial charge in [0, 0.05) is 43.6 Å². The zero-order valence-electron chi connectivity index (χ0n) is 13.6. The first kappa shape index (κ1) is 15.2. The van der Waals surface area contributed by atoms with Crippen LogP contribution in [0.3, 0.4) is 0 Å². The van der Waals surface area contributed by atoms with Crippen molar-refractivity contribution in [2.75, 3.05) is 39.3 Å². The Balaban J connectivity index is 1.39. The van der Waals surface area contributed by atoms with Gasteiger partial charge in [0.2, 0.25) is 5.91 Å². The number of amides is 2. The zero-order chi connectivity index (χ0) is 16.5. The SMILES string of the molecule is O=C(c1cc2ccccc2[nH]1)N1CCN(C(=O)C2CCNC2)CC1. The minimum Gasteiger partial charge on any atom is -0.351 e. The summed E-state index contributed by atoms with van der Waals surface area (Å²) in [7, 11) is 0. The van der Waals surface area contributed by atoms with Crippen LogP contribution in [0.2, 0.25) is 0 Å². The summed E-state index contributed by atoms with van der Waals surface area (Å²) < 4.78 is 0. The maximum absolute atomic E-state index is 12.7. The number of aromatic amines is 1. The van der Waals surface area contributed by atoms with Crippen LogP contribution in [0, 0.1) is 5.92 Å². The van der Waals surface area contributed by atoms with E-state index in [9.17, 15) is 9.59 Å². The van der Waals surface area contributed by atoms with Crippen LogP contribution < -0.4 is 5.32 Å². The van der Waals surface area contributed by atoms with Gasteiger partial charge in [-0.25, -0.2) is 0 Å². The minimum absolute atomic E-state index is 0.0147. The summed E-state index contributed by atoms with van der Waals surface area (Å²) >= 11 is 0. The van der Waals surface area contributed by atoms with E-state index in [1.54, 1.807) is 0 Å². The quantitative estimate of drug-likeness (QED) is 0.867. The van der Waals surface area contributed by atoms with Crippen molar-refractivity contribution in [1.29, 1.82) is 0 Å². The maximum Gasteiger partial charge on any atom is 0.270 e. The van der Waals surface area contributed by atoms with E-state index in [2.05, 4.69) is 10.3 Å². The van der Waals surface area contributed by atoms with Gasteiger partial charge in [0.25, 0.3) is 5.91 Å². The molecule has 6 heteroatoms. The van der Waals surface area contributed by atoms with Gasteiger partial charge in [0.15, 0.2) is 0 Å². The maximum atomic E-state index is 12.7. The number of carbonyl (C=O) groups is 2. The Morgan fingerprint density at radius 1 is 1.04 bits per heavy atom. The molecule has 1 aromatic carbocycles. The molecule has 2 amide bonds. The lowest BCUT2D eigenvalue weighted by Gasteiger charge is -2.35. The highest BCUT2D eigenvalue weighted by Crippen LogP contribution is 2.18. The van der Waals surface area contributed by atoms with E-state index < -0.39 is 0 Å². The van der Waals surface area contributed by atoms with Gasteiger partial charge >= 0.3 is 0 Å². The van der Waals surface area contributed by atoms with Gasteiger partial charge in [-0.2, -0.15) is 0 Å². The molecule has 1 aromatic heterocycles. The number of piperazine rings is 1. The second-order valence-electron chi connectivity index (χ2n) is 6.58. The molecule has 1 atom stereocenters. The number of nitrogens with one attached hydrogen (secondary N) is 2. The number of nitrogens with zero attached hydrogens (tertiary/aromatic N) is 2. The van der Waals surface area contributed by atoms with Crippen molar-refractivity contribution in [2.45, 2.75) is 6.42 Å². The van der Waals surface area contributed by atoms with Crippen LogP contribution in [0.25, 0.3) is 10.9 Å². The fraction of sp³-hybridized carbons (Fsp3) is 0.444. The molecule has 0 saturated carbocycles. The topological polar surface area (TPSA) is 68.4 Å². The van der Waals surface area contributed by atoms with Gasteiger partial charge in [-0.1, -0.05) is 18.2 Å². The van der Waals surface area contributed by atoms with Crippen molar-refractivity contribution in [3.63, 3.8) is 0 Å². The lowest BCUT2D eigenvalue weighted by molar-refractivity contribution is -0.136. The highest BCUT2D eigenvalue weighted by molar-refractivity contribution is 5.98. The molecule has 0 spiro atoms. The van der Waals surface area contributed by atoms with Crippen LogP contribution in [0.4, 0.5) is 0 Å². The van der Waals surface area contributed by atoms with E-state index >= 15 is 0 Å². The predicted octanol–water partition coefficient (Wildman–Crippen LogP) is 1.06. The second kappa shape index (κ2) is 6.28. The zero-order valence-corrected chi connectivity index (χ0v) is 13.6. The Morgan fingerprint density at radius 2 is 1.79 bits per heavy atom. The molecule has 24 heavy (non-hydrogen) atoms. The van der Waals surface area contributed by atoms with Gasteiger partial charge in [0.05, 0.1) is 5.92 Å². The molecule has 2 aromatic rings. The van der Waals surface area contributed by atoms with E-state index in [4.69, 9.17) is 0 Å². The third-order valence-electron chi connectivity index (χ3n) is 5.05. The monoisotopic (exact) mass is 326 g/mol. The van der Waals surface area contributed by atoms with Gasteiger partial charge in [-0.3, -0.25) is 9.59 Å². The number of aromatic nitrogens is 1. The van der Waals surface area contributed by atoms with Crippen LogP contribution in [0.1, 0.15) is 16.9 Å². The Hall–Kier alpha value is -2.34. The molecule has 2 fully saturated rings. The van der Waals surface area contributed by atoms with Crippen LogP contribution in [-0.4, -0.2) is 65.9 Å². The molecule has 3 heterocycles. The predicted molar refractivity (Wildman–Crippen MR) is 91.8 cm³/mol. The number of H-pyrrole nitrogens is 1. The third kappa shape index (κ3) is 2.78. The molecular weight excluding hydrogens is 304 g/mol. The van der Waals surface area contributed by atoms with E-state index in [1.165, 1.54) is 0 Å². The fourth-order valence-corrected chi connectivity index (χ4v) is 3.61. The van der Waals surface area contributed by atoms with Crippen molar-refractivity contribution >= 4 is 22.7 Å². The standard InChI is InChI=1S/C18H22N4O2/c23-17(14-5-6-19-12-14)21-7-9-22(10-8-21)18(24)16-11-13-3-1-2-4-15(13)20-16/h1-4,11,14,19-20H,5-10,12H2. The summed E-state index contributed by atoms with van der Waals surface area (Å²) in [6.07, 6.45) is 0.924. The normalized spacial score (nSPS) is 21.4. The van der Waals surface area contributed by atoms with E-state index in [0.29, 0.717) is 31.9 Å². The number of benzene rings is 1. The molecule has 2 aliphatic rings. The van der Waals surface area contributed by atoms with Crippen LogP contribution in [0.5, 0.6) is 0 Å². The molecule has 2 N–H and O–H groups in total. The summed E-state index contributed by atoms with van der Waals surface area (Å²) in [6.45, 7) is 4.16. The molecule has 0 radical (unpaired) electrons. The van der Waals surface area contributed by atoms with Crippen LogP contribution in [-0.2, 0) is 4.79 Å². The van der Waals surface area contributed by atoms with Crippen molar-refractivity contribution in [3.8, 4) is 0 Å². The molecule has 4 rings (SSSR count). The third-order valence-corrected chi connectivity index (χ3v) is 5.05. The van der Waals surface area contributed by atoms with Gasteiger partial charge in [-0.15, -0.1) is 0 Å². The molecule has 2 aliphatic heterocycles. The Kier molecular flexibility index (Phi) is 3.98. The second-order valence-corrected chi connectivity index (χ2v) is 6.58. The summed E-state index contributed by atoms with van der Waals surface area (Å²) in [5.74, 6) is 0.361.